The number of furan rings is 1. The Kier molecular flexibility index (Phi) is 6.84. The van der Waals surface area contributed by atoms with Gasteiger partial charge in [0.15, 0.2) is 11.5 Å². The molecular weight excluding hydrogens is 673 g/mol. The third-order valence-corrected chi connectivity index (χ3v) is 10.6. The second-order valence-electron chi connectivity index (χ2n) is 13.5. The number of hydrogen-bond acceptors (Lipinski definition) is 6. The number of phenols is 5. The second-order valence-corrected chi connectivity index (χ2v) is 13.5. The lowest BCUT2D eigenvalue weighted by Gasteiger charge is -2.21. The van der Waals surface area contributed by atoms with Crippen molar-refractivity contribution in [3.63, 3.8) is 0 Å². The van der Waals surface area contributed by atoms with E-state index in [2.05, 4.69) is 54.6 Å². The van der Waals surface area contributed by atoms with E-state index in [1.165, 1.54) is 0 Å². The lowest BCUT2D eigenvalue weighted by Crippen LogP contribution is -1.93. The number of fused-ring (bicyclic) bond motifs is 6. The van der Waals surface area contributed by atoms with Crippen LogP contribution >= 0.6 is 0 Å². The Morgan fingerprint density at radius 2 is 0.722 bits per heavy atom. The first-order valence-electron chi connectivity index (χ1n) is 17.6. The number of para-hydroxylation sites is 1. The summed E-state index contributed by atoms with van der Waals surface area (Å²) in [5.74, 6) is -4.32. The second kappa shape index (κ2) is 11.8. The molecule has 0 aliphatic rings. The van der Waals surface area contributed by atoms with E-state index in [0.29, 0.717) is 16.3 Å². The molecule has 10 rings (SSSR count). The van der Waals surface area contributed by atoms with Crippen LogP contribution in [0, 0.1) is 0 Å². The smallest absolute Gasteiger partial charge is 0.208 e. The first kappa shape index (κ1) is 31.3. The number of hydrogen-bond donors (Lipinski definition) is 5. The van der Waals surface area contributed by atoms with Crippen molar-refractivity contribution >= 4 is 54.3 Å². The van der Waals surface area contributed by atoms with Gasteiger partial charge in [-0.2, -0.15) is 0 Å². The summed E-state index contributed by atoms with van der Waals surface area (Å²) in [6, 6.07) is 50.8. The number of phenolic OH excluding ortho intramolecular Hbond substituents is 5. The average Bonchev–Trinajstić information content (AvgIpc) is 3.62. The summed E-state index contributed by atoms with van der Waals surface area (Å²) in [4.78, 5) is 0. The Hall–Kier alpha value is -7.44. The summed E-state index contributed by atoms with van der Waals surface area (Å²) in [7, 11) is 0. The van der Waals surface area contributed by atoms with Crippen molar-refractivity contribution in [2.75, 3.05) is 0 Å². The van der Waals surface area contributed by atoms with E-state index in [0.717, 1.165) is 76.9 Å². The molecule has 0 fully saturated rings. The van der Waals surface area contributed by atoms with Crippen LogP contribution in [0.2, 0.25) is 0 Å². The van der Waals surface area contributed by atoms with Gasteiger partial charge in [-0.05, 0) is 72.3 Å². The van der Waals surface area contributed by atoms with Gasteiger partial charge in [0.25, 0.3) is 0 Å². The minimum atomic E-state index is -0.999. The lowest BCUT2D eigenvalue weighted by atomic mass is 9.83. The van der Waals surface area contributed by atoms with Crippen LogP contribution < -0.4 is 0 Å². The maximum Gasteiger partial charge on any atom is 0.208 e. The highest BCUT2D eigenvalue weighted by Crippen LogP contribution is 2.58. The molecular formula is C48H30O6. The molecule has 0 amide bonds. The average molecular weight is 703 g/mol. The van der Waals surface area contributed by atoms with Crippen LogP contribution in [0.5, 0.6) is 28.7 Å². The Labute approximate surface area is 308 Å². The van der Waals surface area contributed by atoms with Crippen molar-refractivity contribution in [3.05, 3.63) is 152 Å². The van der Waals surface area contributed by atoms with Crippen LogP contribution in [0.1, 0.15) is 0 Å². The largest absolute Gasteiger partial charge is 0.504 e. The van der Waals surface area contributed by atoms with Gasteiger partial charge in [-0.3, -0.25) is 0 Å². The van der Waals surface area contributed by atoms with Crippen molar-refractivity contribution < 1.29 is 29.9 Å². The molecule has 54 heavy (non-hydrogen) atoms. The van der Waals surface area contributed by atoms with Crippen molar-refractivity contribution in [3.8, 4) is 73.3 Å². The Morgan fingerprint density at radius 1 is 0.296 bits per heavy atom. The fourth-order valence-electron chi connectivity index (χ4n) is 8.26. The number of benzene rings is 9. The summed E-state index contributed by atoms with van der Waals surface area (Å²) >= 11 is 0. The van der Waals surface area contributed by atoms with E-state index in [1.807, 2.05) is 97.1 Å². The SMILES string of the molecule is Oc1c(O)c(O)c(-c2c3ccccc3c(-c3ccc(-c4ccc(-c5ccccc5)c5oc6ccccc6c45)c4ccccc34)c3ccccc23)c(O)c1O. The standard InChI is InChI=1S/C48H30O6/c49-43-42(44(50)46(52)47(53)45(43)51)40-33-18-8-6-16-31(33)39(32-17-7-9-19-34(32)40)35-25-23-30(28-14-4-5-15-29(28)35)36-24-22-27(26-12-2-1-3-13-26)48-41(36)37-20-10-11-21-38(37)54-48/h1-25,49-53H. The first-order valence-corrected chi connectivity index (χ1v) is 17.6. The maximum absolute atomic E-state index is 11.1. The lowest BCUT2D eigenvalue weighted by molar-refractivity contribution is 0.330. The third kappa shape index (κ3) is 4.40. The summed E-state index contributed by atoms with van der Waals surface area (Å²) < 4.78 is 6.61. The van der Waals surface area contributed by atoms with Crippen molar-refractivity contribution in [2.24, 2.45) is 0 Å². The van der Waals surface area contributed by atoms with Crippen LogP contribution in [-0.2, 0) is 0 Å². The molecule has 0 aliphatic carbocycles. The highest BCUT2D eigenvalue weighted by Gasteiger charge is 2.28. The summed E-state index contributed by atoms with van der Waals surface area (Å²) in [5.41, 5.74) is 8.01. The molecule has 0 radical (unpaired) electrons. The number of aromatic hydroxyl groups is 5. The van der Waals surface area contributed by atoms with Crippen LogP contribution in [-0.4, -0.2) is 25.5 Å². The van der Waals surface area contributed by atoms with Crippen LogP contribution in [0.15, 0.2) is 156 Å². The molecule has 0 saturated carbocycles. The first-order chi connectivity index (χ1) is 26.4. The molecule has 0 atom stereocenters. The fraction of sp³-hybridized carbons (Fsp3) is 0. The van der Waals surface area contributed by atoms with Gasteiger partial charge in [0.1, 0.15) is 11.2 Å². The minimum Gasteiger partial charge on any atom is -0.504 e. The molecule has 0 bridgehead atoms. The molecule has 0 aliphatic heterocycles. The van der Waals surface area contributed by atoms with Crippen LogP contribution in [0.3, 0.4) is 0 Å². The minimum absolute atomic E-state index is 0.183. The molecule has 0 saturated heterocycles. The van der Waals surface area contributed by atoms with Gasteiger partial charge in [-0.25, -0.2) is 0 Å². The Balaban J connectivity index is 1.28. The molecule has 0 spiro atoms. The highest BCUT2D eigenvalue weighted by atomic mass is 16.4. The third-order valence-electron chi connectivity index (χ3n) is 10.6. The molecule has 5 N–H and O–H groups in total. The van der Waals surface area contributed by atoms with Crippen molar-refractivity contribution in [1.82, 2.24) is 0 Å². The predicted octanol–water partition coefficient (Wildman–Crippen LogP) is 12.2. The van der Waals surface area contributed by atoms with Crippen molar-refractivity contribution in [2.45, 2.75) is 0 Å². The van der Waals surface area contributed by atoms with Gasteiger partial charge in [0, 0.05) is 21.9 Å². The Bertz CT molecular complexity index is 3070. The summed E-state index contributed by atoms with van der Waals surface area (Å²) in [6.07, 6.45) is 0. The zero-order chi connectivity index (χ0) is 36.7. The molecule has 1 aromatic heterocycles. The highest BCUT2D eigenvalue weighted by molar-refractivity contribution is 6.26. The van der Waals surface area contributed by atoms with Crippen LogP contribution in [0.4, 0.5) is 0 Å². The predicted molar refractivity (Wildman–Crippen MR) is 216 cm³/mol. The maximum atomic E-state index is 11.1. The zero-order valence-electron chi connectivity index (χ0n) is 28.6. The van der Waals surface area contributed by atoms with Crippen LogP contribution in [0.25, 0.3) is 98.8 Å². The quantitative estimate of drug-likeness (QED) is 0.0708. The normalized spacial score (nSPS) is 11.7. The van der Waals surface area contributed by atoms with E-state index in [9.17, 15) is 25.5 Å². The monoisotopic (exact) mass is 702 g/mol. The number of rotatable bonds is 4. The van der Waals surface area contributed by atoms with Gasteiger partial charge in [-0.15, -0.1) is 0 Å². The molecule has 6 heteroatoms. The van der Waals surface area contributed by atoms with E-state index in [4.69, 9.17) is 4.42 Å². The van der Waals surface area contributed by atoms with Gasteiger partial charge in [0.05, 0.1) is 5.56 Å². The van der Waals surface area contributed by atoms with Crippen molar-refractivity contribution in [1.29, 1.82) is 0 Å². The van der Waals surface area contributed by atoms with Gasteiger partial charge < -0.3 is 29.9 Å². The zero-order valence-corrected chi connectivity index (χ0v) is 28.6. The van der Waals surface area contributed by atoms with Gasteiger partial charge in [0.2, 0.25) is 17.2 Å². The van der Waals surface area contributed by atoms with E-state index >= 15 is 0 Å². The Morgan fingerprint density at radius 3 is 1.33 bits per heavy atom. The summed E-state index contributed by atoms with van der Waals surface area (Å²) in [6.45, 7) is 0. The topological polar surface area (TPSA) is 114 Å². The summed E-state index contributed by atoms with van der Waals surface area (Å²) in [5, 5.41) is 60.8. The molecule has 6 nitrogen and oxygen atoms in total. The van der Waals surface area contributed by atoms with E-state index < -0.39 is 28.7 Å². The van der Waals surface area contributed by atoms with E-state index in [1.54, 1.807) is 0 Å². The molecule has 0 unspecified atom stereocenters. The molecule has 9 aromatic carbocycles. The molecule has 1 heterocycles. The molecule has 10 aromatic rings. The molecule has 258 valence electrons. The van der Waals surface area contributed by atoms with Gasteiger partial charge in [-0.1, -0.05) is 140 Å². The van der Waals surface area contributed by atoms with Gasteiger partial charge >= 0.3 is 0 Å². The fourth-order valence-corrected chi connectivity index (χ4v) is 8.26. The van der Waals surface area contributed by atoms with E-state index in [-0.39, 0.29) is 5.56 Å².